The van der Waals surface area contributed by atoms with Crippen molar-refractivity contribution in [2.24, 2.45) is 0 Å². The quantitative estimate of drug-likeness (QED) is 0.653. The number of hydrogen-bond donors (Lipinski definition) is 0. The summed E-state index contributed by atoms with van der Waals surface area (Å²) in [5, 5.41) is 0. The summed E-state index contributed by atoms with van der Waals surface area (Å²) in [6, 6.07) is 7.95. The highest BCUT2D eigenvalue weighted by molar-refractivity contribution is 5.89. The fraction of sp³-hybridized carbons (Fsp3) is 0.435. The summed E-state index contributed by atoms with van der Waals surface area (Å²) < 4.78 is 53.8. The number of nitrogens with zero attached hydrogens (tertiary/aromatic N) is 2. The molecule has 0 saturated carbocycles. The summed E-state index contributed by atoms with van der Waals surface area (Å²) in [6.45, 7) is 6.89. The molecule has 0 aromatic heterocycles. The number of para-hydroxylation sites is 1. The second-order valence-corrected chi connectivity index (χ2v) is 8.46. The average molecular weight is 434 g/mol. The predicted octanol–water partition coefficient (Wildman–Crippen LogP) is 3.55. The zero-order valence-electron chi connectivity index (χ0n) is 17.5. The van der Waals surface area contributed by atoms with Gasteiger partial charge in [-0.15, -0.1) is 0 Å². The number of likely N-dealkylation sites (tertiary alicyclic amines) is 1. The van der Waals surface area contributed by atoms with Gasteiger partial charge < -0.3 is 14.4 Å². The van der Waals surface area contributed by atoms with Crippen molar-refractivity contribution in [3.63, 3.8) is 0 Å². The maximum Gasteiger partial charge on any atom is 0.266 e. The first-order chi connectivity index (χ1) is 14.8. The van der Waals surface area contributed by atoms with E-state index < -0.39 is 41.0 Å². The number of ether oxygens (including phenoxy) is 2. The monoisotopic (exact) mass is 434 g/mol. The van der Waals surface area contributed by atoms with Crippen molar-refractivity contribution in [1.29, 1.82) is 0 Å². The Bertz CT molecular complexity index is 963. The Morgan fingerprint density at radius 1 is 1.06 bits per heavy atom. The maximum atomic E-state index is 14.7. The lowest BCUT2D eigenvalue weighted by molar-refractivity contribution is -0.168. The van der Waals surface area contributed by atoms with Crippen molar-refractivity contribution in [3.8, 4) is 5.75 Å². The van der Waals surface area contributed by atoms with Crippen molar-refractivity contribution in [2.75, 3.05) is 32.8 Å². The van der Waals surface area contributed by atoms with Crippen LogP contribution in [0.25, 0.3) is 0 Å². The summed E-state index contributed by atoms with van der Waals surface area (Å²) in [5.74, 6) is -2.38. The fourth-order valence-corrected chi connectivity index (χ4v) is 4.24. The lowest BCUT2D eigenvalue weighted by Crippen LogP contribution is -2.66. The molecule has 5 nitrogen and oxygen atoms in total. The Balaban J connectivity index is 1.63. The molecule has 8 heteroatoms. The largest absolute Gasteiger partial charge is 0.475 e. The van der Waals surface area contributed by atoms with Crippen LogP contribution in [0.1, 0.15) is 25.5 Å². The minimum atomic E-state index is -1.14. The highest BCUT2D eigenvalue weighted by Gasteiger charge is 2.53. The van der Waals surface area contributed by atoms with Gasteiger partial charge in [0.25, 0.3) is 5.91 Å². The van der Waals surface area contributed by atoms with Crippen LogP contribution in [-0.2, 0) is 9.53 Å². The molecule has 0 unspecified atom stereocenters. The average Bonchev–Trinajstić information content (AvgIpc) is 2.76. The third-order valence-electron chi connectivity index (χ3n) is 5.94. The molecule has 166 valence electrons. The second kappa shape index (κ2) is 8.51. The number of carbonyl (C=O) groups excluding carboxylic acids is 1. The van der Waals surface area contributed by atoms with E-state index in [4.69, 9.17) is 9.47 Å². The number of hydrogen-bond acceptors (Lipinski definition) is 4. The molecule has 2 aromatic carbocycles. The van der Waals surface area contributed by atoms with Crippen LogP contribution in [0, 0.1) is 17.5 Å². The normalized spacial score (nSPS) is 22.4. The highest BCUT2D eigenvalue weighted by Crippen LogP contribution is 2.41. The van der Waals surface area contributed by atoms with Gasteiger partial charge in [0, 0.05) is 30.7 Å². The van der Waals surface area contributed by atoms with Gasteiger partial charge in [-0.2, -0.15) is 0 Å². The number of β-lactam (4-membered cyclic amide) rings is 1. The zero-order chi connectivity index (χ0) is 22.2. The molecule has 0 radical (unpaired) electrons. The van der Waals surface area contributed by atoms with Crippen molar-refractivity contribution in [3.05, 3.63) is 65.5 Å². The highest BCUT2D eigenvalue weighted by atomic mass is 19.1. The van der Waals surface area contributed by atoms with Gasteiger partial charge in [-0.3, -0.25) is 9.69 Å². The van der Waals surface area contributed by atoms with Gasteiger partial charge in [0.15, 0.2) is 11.6 Å². The third kappa shape index (κ3) is 4.27. The maximum absolute atomic E-state index is 14.7. The second-order valence-electron chi connectivity index (χ2n) is 8.46. The number of morpholine rings is 1. The Hall–Kier alpha value is -2.58. The van der Waals surface area contributed by atoms with E-state index in [1.165, 1.54) is 23.1 Å². The van der Waals surface area contributed by atoms with Gasteiger partial charge in [0.1, 0.15) is 17.7 Å². The van der Waals surface area contributed by atoms with Crippen LogP contribution in [-0.4, -0.2) is 60.2 Å². The molecule has 4 rings (SSSR count). The van der Waals surface area contributed by atoms with Gasteiger partial charge >= 0.3 is 0 Å². The number of amides is 1. The Morgan fingerprint density at radius 3 is 2.48 bits per heavy atom. The van der Waals surface area contributed by atoms with Gasteiger partial charge in [-0.25, -0.2) is 13.2 Å². The molecule has 0 N–H and O–H groups in total. The van der Waals surface area contributed by atoms with Crippen LogP contribution in [0.5, 0.6) is 5.75 Å². The van der Waals surface area contributed by atoms with Crippen LogP contribution in [0.4, 0.5) is 13.2 Å². The zero-order valence-corrected chi connectivity index (χ0v) is 17.5. The van der Waals surface area contributed by atoms with E-state index >= 15 is 0 Å². The first-order valence-electron chi connectivity index (χ1n) is 10.3. The smallest absolute Gasteiger partial charge is 0.266 e. The first-order valence-corrected chi connectivity index (χ1v) is 10.3. The Kier molecular flexibility index (Phi) is 5.94. The molecule has 2 aliphatic rings. The van der Waals surface area contributed by atoms with E-state index in [9.17, 15) is 18.0 Å². The standard InChI is InChI=1S/C23H25F3N2O3/c1-23(2,27-9-11-30-12-10-27)14-28-20(16-13-15(24)7-8-17(16)25)21(22(28)29)31-19-6-4-3-5-18(19)26/h3-8,13,20-21H,9-12,14H2,1-2H3/t20-,21-/m1/s1. The topological polar surface area (TPSA) is 42.0 Å². The van der Waals surface area contributed by atoms with Gasteiger partial charge in [0.2, 0.25) is 6.10 Å². The molecule has 2 aliphatic heterocycles. The van der Waals surface area contributed by atoms with E-state index in [-0.39, 0.29) is 17.9 Å². The van der Waals surface area contributed by atoms with Gasteiger partial charge in [0.05, 0.1) is 13.2 Å². The van der Waals surface area contributed by atoms with Crippen molar-refractivity contribution < 1.29 is 27.4 Å². The van der Waals surface area contributed by atoms with Crippen LogP contribution >= 0.6 is 0 Å². The molecule has 0 aliphatic carbocycles. The number of rotatable bonds is 6. The van der Waals surface area contributed by atoms with Crippen LogP contribution < -0.4 is 4.74 Å². The summed E-state index contributed by atoms with van der Waals surface area (Å²) >= 11 is 0. The summed E-state index contributed by atoms with van der Waals surface area (Å²) in [7, 11) is 0. The minimum Gasteiger partial charge on any atom is -0.475 e. The van der Waals surface area contributed by atoms with Crippen LogP contribution in [0.2, 0.25) is 0 Å². The van der Waals surface area contributed by atoms with Crippen molar-refractivity contribution in [2.45, 2.75) is 31.5 Å². The first kappa shape index (κ1) is 21.6. The predicted molar refractivity (Wildman–Crippen MR) is 108 cm³/mol. The lowest BCUT2D eigenvalue weighted by Gasteiger charge is -2.52. The molecule has 2 aromatic rings. The molecule has 0 spiro atoms. The fourth-order valence-electron chi connectivity index (χ4n) is 4.24. The van der Waals surface area contributed by atoms with Crippen molar-refractivity contribution >= 4 is 5.91 Å². The molecule has 2 fully saturated rings. The number of benzene rings is 2. The molecule has 2 saturated heterocycles. The molecular weight excluding hydrogens is 409 g/mol. The van der Waals surface area contributed by atoms with E-state index in [1.54, 1.807) is 6.07 Å². The molecule has 1 amide bonds. The Labute approximate surface area is 179 Å². The molecule has 2 atom stereocenters. The minimum absolute atomic E-state index is 0.0127. The van der Waals surface area contributed by atoms with E-state index in [1.807, 2.05) is 13.8 Å². The summed E-state index contributed by atoms with van der Waals surface area (Å²) in [6.07, 6.45) is -1.14. The third-order valence-corrected chi connectivity index (χ3v) is 5.94. The Morgan fingerprint density at radius 2 is 1.77 bits per heavy atom. The van der Waals surface area contributed by atoms with E-state index in [0.717, 1.165) is 18.2 Å². The SMILES string of the molecule is CC(C)(CN1C(=O)[C@H](Oc2ccccc2F)[C@H]1c1cc(F)ccc1F)N1CCOCC1. The molecule has 2 heterocycles. The van der Waals surface area contributed by atoms with Crippen molar-refractivity contribution in [1.82, 2.24) is 9.80 Å². The molecule has 0 bridgehead atoms. The van der Waals surface area contributed by atoms with Gasteiger partial charge in [-0.1, -0.05) is 12.1 Å². The van der Waals surface area contributed by atoms with E-state index in [2.05, 4.69) is 4.90 Å². The molecule has 31 heavy (non-hydrogen) atoms. The van der Waals surface area contributed by atoms with Crippen LogP contribution in [0.3, 0.4) is 0 Å². The lowest BCUT2D eigenvalue weighted by atomic mass is 9.87. The number of halogens is 3. The van der Waals surface area contributed by atoms with E-state index in [0.29, 0.717) is 26.3 Å². The number of carbonyl (C=O) groups is 1. The van der Waals surface area contributed by atoms with Crippen LogP contribution in [0.15, 0.2) is 42.5 Å². The molecular formula is C23H25F3N2O3. The summed E-state index contributed by atoms with van der Waals surface area (Å²) in [5.41, 5.74) is -0.413. The summed E-state index contributed by atoms with van der Waals surface area (Å²) in [4.78, 5) is 16.7. The van der Waals surface area contributed by atoms with Gasteiger partial charge in [-0.05, 0) is 44.2 Å².